The van der Waals surface area contributed by atoms with E-state index < -0.39 is 0 Å². The summed E-state index contributed by atoms with van der Waals surface area (Å²) in [5, 5.41) is 5.98. The molecule has 0 aliphatic carbocycles. The summed E-state index contributed by atoms with van der Waals surface area (Å²) in [4.78, 5) is 18.6. The van der Waals surface area contributed by atoms with Crippen LogP contribution in [0.4, 0.5) is 10.6 Å². The molecule has 0 spiro atoms. The van der Waals surface area contributed by atoms with Gasteiger partial charge in [0.15, 0.2) is 0 Å². The Kier molecular flexibility index (Phi) is 6.93. The van der Waals surface area contributed by atoms with Gasteiger partial charge in [0.25, 0.3) is 0 Å². The van der Waals surface area contributed by atoms with Crippen molar-refractivity contribution in [3.63, 3.8) is 0 Å². The Labute approximate surface area is 147 Å². The normalized spacial score (nSPS) is 11.6. The molecule has 0 aliphatic heterocycles. The van der Waals surface area contributed by atoms with Gasteiger partial charge in [0.05, 0.1) is 6.04 Å². The van der Waals surface area contributed by atoms with Gasteiger partial charge in [0.2, 0.25) is 0 Å². The lowest BCUT2D eigenvalue weighted by Gasteiger charge is -2.20. The van der Waals surface area contributed by atoms with Crippen molar-refractivity contribution in [3.05, 3.63) is 59.8 Å². The summed E-state index contributed by atoms with van der Waals surface area (Å²) in [6.07, 6.45) is 3.79. The predicted molar refractivity (Wildman–Crippen MR) is 102 cm³/mol. The molecule has 2 aromatic rings. The third-order valence-electron chi connectivity index (χ3n) is 3.57. The Morgan fingerprint density at radius 2 is 1.96 bits per heavy atom. The van der Waals surface area contributed by atoms with E-state index in [1.807, 2.05) is 67.7 Å². The standard InChI is InChI=1S/C18H24N4OS/c1-22(2)17-15(10-7-11-19-17)12-20-18(23)21-16(13-24-3)14-8-5-4-6-9-14/h4-11,16H,12-13H2,1-3H3,(H2,20,21,23). The zero-order chi connectivity index (χ0) is 17.4. The average Bonchev–Trinajstić information content (AvgIpc) is 2.60. The summed E-state index contributed by atoms with van der Waals surface area (Å²) >= 11 is 1.71. The second-order valence-electron chi connectivity index (χ2n) is 5.63. The number of nitrogens with zero attached hydrogens (tertiary/aromatic N) is 2. The third kappa shape index (κ3) is 5.16. The maximum Gasteiger partial charge on any atom is 0.315 e. The number of hydrogen-bond donors (Lipinski definition) is 2. The lowest BCUT2D eigenvalue weighted by molar-refractivity contribution is 0.237. The fourth-order valence-corrected chi connectivity index (χ4v) is 3.04. The van der Waals surface area contributed by atoms with Crippen molar-refractivity contribution in [2.45, 2.75) is 12.6 Å². The largest absolute Gasteiger partial charge is 0.362 e. The molecule has 1 unspecified atom stereocenters. The highest BCUT2D eigenvalue weighted by Gasteiger charge is 2.14. The molecule has 0 bridgehead atoms. The van der Waals surface area contributed by atoms with Crippen LogP contribution < -0.4 is 15.5 Å². The summed E-state index contributed by atoms with van der Waals surface area (Å²) in [7, 11) is 3.88. The third-order valence-corrected chi connectivity index (χ3v) is 4.24. The van der Waals surface area contributed by atoms with Gasteiger partial charge in [0.1, 0.15) is 5.82 Å². The van der Waals surface area contributed by atoms with Gasteiger partial charge in [-0.05, 0) is 17.9 Å². The van der Waals surface area contributed by atoms with Crippen LogP contribution in [0.5, 0.6) is 0 Å². The molecular weight excluding hydrogens is 320 g/mol. The van der Waals surface area contributed by atoms with Crippen LogP contribution in [0.3, 0.4) is 0 Å². The second-order valence-corrected chi connectivity index (χ2v) is 6.54. The van der Waals surface area contributed by atoms with Crippen LogP contribution in [-0.4, -0.2) is 37.1 Å². The van der Waals surface area contributed by atoms with Gasteiger partial charge in [0, 0.05) is 38.2 Å². The SMILES string of the molecule is CSCC(NC(=O)NCc1cccnc1N(C)C)c1ccccc1. The molecule has 24 heavy (non-hydrogen) atoms. The minimum Gasteiger partial charge on any atom is -0.362 e. The molecule has 1 aromatic heterocycles. The van der Waals surface area contributed by atoms with Crippen molar-refractivity contribution < 1.29 is 4.79 Å². The van der Waals surface area contributed by atoms with Crippen molar-refractivity contribution >= 4 is 23.6 Å². The summed E-state index contributed by atoms with van der Waals surface area (Å²) in [6.45, 7) is 0.438. The Bertz CT molecular complexity index is 648. The number of rotatable bonds is 7. The lowest BCUT2D eigenvalue weighted by atomic mass is 10.1. The lowest BCUT2D eigenvalue weighted by Crippen LogP contribution is -2.38. The van der Waals surface area contributed by atoms with Gasteiger partial charge < -0.3 is 15.5 Å². The van der Waals surface area contributed by atoms with E-state index in [0.29, 0.717) is 6.54 Å². The number of nitrogens with one attached hydrogen (secondary N) is 2. The number of carbonyl (C=O) groups is 1. The summed E-state index contributed by atoms with van der Waals surface area (Å²) in [5.74, 6) is 1.69. The topological polar surface area (TPSA) is 57.3 Å². The van der Waals surface area contributed by atoms with Gasteiger partial charge in [-0.25, -0.2) is 9.78 Å². The van der Waals surface area contributed by atoms with Crippen molar-refractivity contribution in [3.8, 4) is 0 Å². The van der Waals surface area contributed by atoms with E-state index in [4.69, 9.17) is 0 Å². The molecule has 6 heteroatoms. The number of benzene rings is 1. The van der Waals surface area contributed by atoms with E-state index >= 15 is 0 Å². The minimum atomic E-state index is -0.175. The zero-order valence-electron chi connectivity index (χ0n) is 14.3. The molecule has 2 N–H and O–H groups in total. The van der Waals surface area contributed by atoms with E-state index in [2.05, 4.69) is 15.6 Å². The number of hydrogen-bond acceptors (Lipinski definition) is 4. The molecule has 0 aliphatic rings. The Hall–Kier alpha value is -2.21. The fraction of sp³-hybridized carbons (Fsp3) is 0.333. The summed E-state index contributed by atoms with van der Waals surface area (Å²) in [5.41, 5.74) is 2.09. The van der Waals surface area contributed by atoms with Crippen molar-refractivity contribution in [2.24, 2.45) is 0 Å². The maximum absolute atomic E-state index is 12.3. The molecule has 0 radical (unpaired) electrons. The van der Waals surface area contributed by atoms with E-state index in [9.17, 15) is 4.79 Å². The molecule has 5 nitrogen and oxygen atoms in total. The number of pyridine rings is 1. The number of thioether (sulfide) groups is 1. The number of amides is 2. The van der Waals surface area contributed by atoms with Crippen LogP contribution in [0.2, 0.25) is 0 Å². The van der Waals surface area contributed by atoms with Gasteiger partial charge in [-0.15, -0.1) is 0 Å². The molecular formula is C18H24N4OS. The predicted octanol–water partition coefficient (Wildman–Crippen LogP) is 3.05. The van der Waals surface area contributed by atoms with Gasteiger partial charge in [-0.2, -0.15) is 11.8 Å². The first-order valence-electron chi connectivity index (χ1n) is 7.81. The highest BCUT2D eigenvalue weighted by atomic mass is 32.2. The van der Waals surface area contributed by atoms with Gasteiger partial charge in [-0.1, -0.05) is 36.4 Å². The van der Waals surface area contributed by atoms with Crippen LogP contribution in [0.25, 0.3) is 0 Å². The number of urea groups is 1. The highest BCUT2D eigenvalue weighted by Crippen LogP contribution is 2.17. The number of anilines is 1. The first-order valence-corrected chi connectivity index (χ1v) is 9.20. The molecule has 0 fully saturated rings. The van der Waals surface area contributed by atoms with Crippen LogP contribution in [0.1, 0.15) is 17.2 Å². The van der Waals surface area contributed by atoms with Crippen molar-refractivity contribution in [1.82, 2.24) is 15.6 Å². The Morgan fingerprint density at radius 1 is 1.21 bits per heavy atom. The van der Waals surface area contributed by atoms with Crippen LogP contribution >= 0.6 is 11.8 Å². The highest BCUT2D eigenvalue weighted by molar-refractivity contribution is 7.98. The molecule has 2 amide bonds. The van der Waals surface area contributed by atoms with Crippen LogP contribution in [0.15, 0.2) is 48.7 Å². The molecule has 128 valence electrons. The maximum atomic E-state index is 12.3. The summed E-state index contributed by atoms with van der Waals surface area (Å²) in [6, 6.07) is 13.7. The number of carbonyl (C=O) groups excluding carboxylic acids is 1. The molecule has 0 saturated carbocycles. The first-order chi connectivity index (χ1) is 11.6. The minimum absolute atomic E-state index is 0.0107. The molecule has 1 heterocycles. The van der Waals surface area contributed by atoms with Gasteiger partial charge in [-0.3, -0.25) is 0 Å². The quantitative estimate of drug-likeness (QED) is 0.810. The van der Waals surface area contributed by atoms with Crippen molar-refractivity contribution in [1.29, 1.82) is 0 Å². The molecule has 2 rings (SSSR count). The van der Waals surface area contributed by atoms with Crippen LogP contribution in [-0.2, 0) is 6.54 Å². The number of aromatic nitrogens is 1. The molecule has 1 atom stereocenters. The summed E-state index contributed by atoms with van der Waals surface area (Å²) < 4.78 is 0. The second kappa shape index (κ2) is 9.17. The first kappa shape index (κ1) is 18.1. The van der Waals surface area contributed by atoms with Crippen LogP contribution in [0, 0.1) is 0 Å². The average molecular weight is 344 g/mol. The van der Waals surface area contributed by atoms with Crippen molar-refractivity contribution in [2.75, 3.05) is 31.0 Å². The molecule has 0 saturated heterocycles. The fourth-order valence-electron chi connectivity index (χ4n) is 2.43. The van der Waals surface area contributed by atoms with E-state index in [1.54, 1.807) is 18.0 Å². The zero-order valence-corrected chi connectivity index (χ0v) is 15.1. The van der Waals surface area contributed by atoms with E-state index in [0.717, 1.165) is 22.7 Å². The molecule has 1 aromatic carbocycles. The smallest absolute Gasteiger partial charge is 0.315 e. The van der Waals surface area contributed by atoms with Gasteiger partial charge >= 0.3 is 6.03 Å². The Balaban J connectivity index is 1.97. The van der Waals surface area contributed by atoms with E-state index in [1.165, 1.54) is 0 Å². The Morgan fingerprint density at radius 3 is 2.62 bits per heavy atom. The monoisotopic (exact) mass is 344 g/mol. The van der Waals surface area contributed by atoms with E-state index in [-0.39, 0.29) is 12.1 Å².